The maximum absolute atomic E-state index is 12.7. The van der Waals surface area contributed by atoms with E-state index in [1.165, 1.54) is 18.8 Å². The summed E-state index contributed by atoms with van der Waals surface area (Å²) in [5.41, 5.74) is 0.885. The van der Waals surface area contributed by atoms with Gasteiger partial charge in [0.05, 0.1) is 25.5 Å². The molecule has 7 heteroatoms. The molecule has 0 bridgehead atoms. The quantitative estimate of drug-likeness (QED) is 0.462. The Labute approximate surface area is 160 Å². The molecule has 0 atom stereocenters. The zero-order valence-corrected chi connectivity index (χ0v) is 15.7. The monoisotopic (exact) mass is 382 g/mol. The summed E-state index contributed by atoms with van der Waals surface area (Å²) in [5.74, 6) is 0.912. The van der Waals surface area contributed by atoms with Gasteiger partial charge in [-0.15, -0.1) is 0 Å². The number of aromatic nitrogens is 2. The summed E-state index contributed by atoms with van der Waals surface area (Å²) in [6.45, 7) is 0. The molecule has 0 saturated carbocycles. The molecule has 0 aliphatic rings. The van der Waals surface area contributed by atoms with Crippen LogP contribution in [0.2, 0.25) is 0 Å². The molecule has 0 unspecified atom stereocenters. The van der Waals surface area contributed by atoms with E-state index < -0.39 is 0 Å². The molecule has 138 valence electrons. The number of rotatable bonds is 7. The van der Waals surface area contributed by atoms with Gasteiger partial charge in [0.15, 0.2) is 10.8 Å². The molecular formula is C20H18N2O4S. The molecule has 0 spiro atoms. The zero-order chi connectivity index (χ0) is 19.2. The van der Waals surface area contributed by atoms with Crippen molar-refractivity contribution in [2.45, 2.75) is 5.03 Å². The fourth-order valence-corrected chi connectivity index (χ4v) is 3.31. The van der Waals surface area contributed by atoms with Crippen LogP contribution in [0.4, 0.5) is 0 Å². The van der Waals surface area contributed by atoms with Gasteiger partial charge >= 0.3 is 0 Å². The third kappa shape index (κ3) is 4.20. The topological polar surface area (TPSA) is 70.4 Å². The first-order chi connectivity index (χ1) is 13.1. The van der Waals surface area contributed by atoms with E-state index in [-0.39, 0.29) is 22.1 Å². The fraction of sp³-hybridized carbons (Fsp3) is 0.150. The number of hydrogen-bond donors (Lipinski definition) is 0. The van der Waals surface area contributed by atoms with Crippen LogP contribution in [0.15, 0.2) is 70.7 Å². The number of ketones is 1. The van der Waals surface area contributed by atoms with Crippen molar-refractivity contribution in [2.24, 2.45) is 0 Å². The molecule has 27 heavy (non-hydrogen) atoms. The largest absolute Gasteiger partial charge is 0.497 e. The summed E-state index contributed by atoms with van der Waals surface area (Å²) >= 11 is 1.10. The van der Waals surface area contributed by atoms with E-state index in [0.717, 1.165) is 17.4 Å². The number of methoxy groups -OCH3 is 2. The summed E-state index contributed by atoms with van der Waals surface area (Å²) in [6.07, 6.45) is 3.15. The number of nitrogens with zero attached hydrogens (tertiary/aromatic N) is 2. The molecule has 0 aliphatic heterocycles. The lowest BCUT2D eigenvalue weighted by molar-refractivity contribution is 0.101. The minimum Gasteiger partial charge on any atom is -0.497 e. The Hall–Kier alpha value is -3.06. The van der Waals surface area contributed by atoms with E-state index in [2.05, 4.69) is 4.98 Å². The van der Waals surface area contributed by atoms with Crippen molar-refractivity contribution in [3.8, 4) is 17.2 Å². The number of carbonyl (C=O) groups is 1. The van der Waals surface area contributed by atoms with Gasteiger partial charge in [-0.25, -0.2) is 4.98 Å². The van der Waals surface area contributed by atoms with Gasteiger partial charge in [-0.1, -0.05) is 30.0 Å². The lowest BCUT2D eigenvalue weighted by atomic mass is 10.1. The average Bonchev–Trinajstić information content (AvgIpc) is 2.73. The van der Waals surface area contributed by atoms with Crippen LogP contribution in [0.1, 0.15) is 10.4 Å². The number of para-hydroxylation sites is 1. The number of Topliss-reactive ketones (excluding diaryl/α,β-unsaturated/α-hetero) is 1. The van der Waals surface area contributed by atoms with Crippen LogP contribution in [0.25, 0.3) is 5.69 Å². The van der Waals surface area contributed by atoms with Gasteiger partial charge < -0.3 is 9.47 Å². The minimum atomic E-state index is -0.265. The molecular weight excluding hydrogens is 364 g/mol. The Kier molecular flexibility index (Phi) is 5.93. The Bertz CT molecular complexity index is 1000. The Morgan fingerprint density at radius 2 is 1.89 bits per heavy atom. The highest BCUT2D eigenvalue weighted by Crippen LogP contribution is 2.26. The second-order valence-corrected chi connectivity index (χ2v) is 6.49. The molecule has 0 aliphatic carbocycles. The maximum Gasteiger partial charge on any atom is 0.287 e. The molecule has 0 saturated heterocycles. The van der Waals surface area contributed by atoms with E-state index in [9.17, 15) is 9.59 Å². The standard InChI is InChI=1S/C20H18N2O4S/c1-25-15-8-9-18(26-2)16(12-15)17(23)13-27-19-20(24)22(11-10-21-19)14-6-4-3-5-7-14/h3-12H,13H2,1-2H3. The zero-order valence-electron chi connectivity index (χ0n) is 14.9. The van der Waals surface area contributed by atoms with Crippen molar-refractivity contribution in [3.63, 3.8) is 0 Å². The first-order valence-electron chi connectivity index (χ1n) is 8.15. The van der Waals surface area contributed by atoms with Crippen LogP contribution in [0.5, 0.6) is 11.5 Å². The first-order valence-corrected chi connectivity index (χ1v) is 9.13. The minimum absolute atomic E-state index is 0.0601. The van der Waals surface area contributed by atoms with Gasteiger partial charge in [0.1, 0.15) is 11.5 Å². The van der Waals surface area contributed by atoms with E-state index >= 15 is 0 Å². The highest BCUT2D eigenvalue weighted by Gasteiger charge is 2.16. The molecule has 1 heterocycles. The summed E-state index contributed by atoms with van der Waals surface area (Å²) in [5, 5.41) is 0.261. The number of ether oxygens (including phenoxy) is 2. The van der Waals surface area contributed by atoms with Crippen LogP contribution in [-0.4, -0.2) is 35.3 Å². The van der Waals surface area contributed by atoms with Gasteiger partial charge in [-0.2, -0.15) is 0 Å². The summed E-state index contributed by atoms with van der Waals surface area (Å²) in [6, 6.07) is 14.3. The van der Waals surface area contributed by atoms with Gasteiger partial charge in [0, 0.05) is 18.1 Å². The summed E-state index contributed by atoms with van der Waals surface area (Å²) in [7, 11) is 3.04. The predicted octanol–water partition coefficient (Wildman–Crippen LogP) is 3.22. The van der Waals surface area contributed by atoms with Crippen LogP contribution in [0.3, 0.4) is 0 Å². The molecule has 2 aromatic carbocycles. The lowest BCUT2D eigenvalue weighted by Crippen LogP contribution is -2.21. The number of thioether (sulfide) groups is 1. The van der Waals surface area contributed by atoms with Crippen molar-refractivity contribution < 1.29 is 14.3 Å². The highest BCUT2D eigenvalue weighted by atomic mass is 32.2. The fourth-order valence-electron chi connectivity index (χ4n) is 2.53. The molecule has 0 fully saturated rings. The van der Waals surface area contributed by atoms with Crippen molar-refractivity contribution in [1.82, 2.24) is 9.55 Å². The second-order valence-electron chi connectivity index (χ2n) is 5.52. The van der Waals surface area contributed by atoms with Crippen LogP contribution < -0.4 is 15.0 Å². The van der Waals surface area contributed by atoms with E-state index in [1.807, 2.05) is 30.3 Å². The first kappa shape index (κ1) is 18.7. The normalized spacial score (nSPS) is 10.4. The maximum atomic E-state index is 12.7. The number of benzene rings is 2. The predicted molar refractivity (Wildman–Crippen MR) is 104 cm³/mol. The van der Waals surface area contributed by atoms with E-state index in [4.69, 9.17) is 9.47 Å². The molecule has 6 nitrogen and oxygen atoms in total. The second kappa shape index (κ2) is 8.55. The van der Waals surface area contributed by atoms with Crippen molar-refractivity contribution in [1.29, 1.82) is 0 Å². The van der Waals surface area contributed by atoms with E-state index in [1.54, 1.807) is 30.6 Å². The smallest absolute Gasteiger partial charge is 0.287 e. The molecule has 0 N–H and O–H groups in total. The summed E-state index contributed by atoms with van der Waals surface area (Å²) < 4.78 is 11.9. The Morgan fingerprint density at radius 1 is 1.11 bits per heavy atom. The molecule has 3 aromatic rings. The highest BCUT2D eigenvalue weighted by molar-refractivity contribution is 7.99. The van der Waals surface area contributed by atoms with Gasteiger partial charge in [0.25, 0.3) is 5.56 Å². The molecule has 0 radical (unpaired) electrons. The third-order valence-electron chi connectivity index (χ3n) is 3.89. The van der Waals surface area contributed by atoms with Crippen molar-refractivity contribution >= 4 is 17.5 Å². The van der Waals surface area contributed by atoms with Gasteiger partial charge in [-0.05, 0) is 30.3 Å². The van der Waals surface area contributed by atoms with Crippen molar-refractivity contribution in [2.75, 3.05) is 20.0 Å². The molecule has 0 amide bonds. The van der Waals surface area contributed by atoms with E-state index in [0.29, 0.717) is 17.1 Å². The van der Waals surface area contributed by atoms with Crippen LogP contribution in [-0.2, 0) is 0 Å². The Morgan fingerprint density at radius 3 is 2.59 bits per heavy atom. The van der Waals surface area contributed by atoms with Crippen molar-refractivity contribution in [3.05, 3.63) is 76.8 Å². The van der Waals surface area contributed by atoms with Crippen LogP contribution in [0, 0.1) is 0 Å². The molecule has 3 rings (SSSR count). The lowest BCUT2D eigenvalue weighted by Gasteiger charge is -2.10. The SMILES string of the molecule is COc1ccc(OC)c(C(=O)CSc2nccn(-c3ccccc3)c2=O)c1. The number of hydrogen-bond acceptors (Lipinski definition) is 6. The summed E-state index contributed by atoms with van der Waals surface area (Å²) in [4.78, 5) is 29.4. The van der Waals surface area contributed by atoms with Crippen LogP contribution >= 0.6 is 11.8 Å². The number of carbonyl (C=O) groups excluding carboxylic acids is 1. The van der Waals surface area contributed by atoms with Gasteiger partial charge in [0.2, 0.25) is 0 Å². The third-order valence-corrected chi connectivity index (χ3v) is 4.85. The average molecular weight is 382 g/mol. The van der Waals surface area contributed by atoms with Gasteiger partial charge in [-0.3, -0.25) is 14.2 Å². The Balaban J connectivity index is 1.82. The molecule has 1 aromatic heterocycles.